The van der Waals surface area contributed by atoms with Gasteiger partial charge in [-0.3, -0.25) is 9.59 Å². The van der Waals surface area contributed by atoms with E-state index in [0.29, 0.717) is 23.1 Å². The van der Waals surface area contributed by atoms with E-state index in [2.05, 4.69) is 29.4 Å². The van der Waals surface area contributed by atoms with Gasteiger partial charge in [0.1, 0.15) is 0 Å². The summed E-state index contributed by atoms with van der Waals surface area (Å²) in [6.07, 6.45) is -3.48. The second-order valence-electron chi connectivity index (χ2n) is 8.58. The number of piperidine rings is 1. The number of anilines is 1. The Labute approximate surface area is 183 Å². The molecule has 2 amide bonds. The molecule has 2 aromatic carbocycles. The minimum atomic E-state index is -4.59. The van der Waals surface area contributed by atoms with Gasteiger partial charge in [0.15, 0.2) is 6.04 Å². The molecule has 168 valence electrons. The number of amides is 2. The Morgan fingerprint density at radius 2 is 1.72 bits per heavy atom. The molecule has 0 aliphatic carbocycles. The number of fused-ring (bicyclic) bond motifs is 1. The van der Waals surface area contributed by atoms with E-state index in [1.165, 1.54) is 12.1 Å². The molecule has 0 aromatic heterocycles. The lowest BCUT2D eigenvalue weighted by Crippen LogP contribution is -2.42. The minimum Gasteiger partial charge on any atom is -0.338 e. The highest BCUT2D eigenvalue weighted by Gasteiger charge is 2.40. The summed E-state index contributed by atoms with van der Waals surface area (Å²) in [4.78, 5) is 26.9. The Morgan fingerprint density at radius 3 is 2.34 bits per heavy atom. The third kappa shape index (κ3) is 4.37. The van der Waals surface area contributed by atoms with Crippen molar-refractivity contribution in [2.45, 2.75) is 32.5 Å². The summed E-state index contributed by atoms with van der Waals surface area (Å²) >= 11 is 0. The first-order valence-corrected chi connectivity index (χ1v) is 10.4. The molecular weight excluding hydrogens is 421 g/mol. The van der Waals surface area contributed by atoms with Gasteiger partial charge in [-0.15, -0.1) is 0 Å². The number of benzene rings is 2. The fourth-order valence-electron chi connectivity index (χ4n) is 4.43. The van der Waals surface area contributed by atoms with Crippen molar-refractivity contribution in [2.75, 3.05) is 18.4 Å². The van der Waals surface area contributed by atoms with Gasteiger partial charge in [-0.2, -0.15) is 23.4 Å². The highest BCUT2D eigenvalue weighted by molar-refractivity contribution is 6.03. The molecule has 9 heteroatoms. The number of hydrogen-bond acceptors (Lipinski definition) is 4. The summed E-state index contributed by atoms with van der Waals surface area (Å²) in [7, 11) is 0. The van der Waals surface area contributed by atoms with Crippen LogP contribution in [-0.2, 0) is 11.0 Å². The predicted molar refractivity (Wildman–Crippen MR) is 113 cm³/mol. The second-order valence-corrected chi connectivity index (χ2v) is 8.58. The number of nitrogens with zero attached hydrogens (tertiary/aromatic N) is 3. The summed E-state index contributed by atoms with van der Waals surface area (Å²) in [5, 5.41) is 10.3. The molecule has 0 unspecified atom stereocenters. The van der Waals surface area contributed by atoms with Crippen LogP contribution in [0, 0.1) is 11.8 Å². The minimum absolute atomic E-state index is 0.0457. The smallest absolute Gasteiger partial charge is 0.338 e. The lowest BCUT2D eigenvalue weighted by atomic mass is 9.91. The highest BCUT2D eigenvalue weighted by atomic mass is 19.4. The molecule has 1 N–H and O–H groups in total. The number of carbonyl (C=O) groups is 2. The molecule has 0 radical (unpaired) electrons. The van der Waals surface area contributed by atoms with Gasteiger partial charge in [-0.25, -0.2) is 0 Å². The van der Waals surface area contributed by atoms with Gasteiger partial charge in [0, 0.05) is 24.2 Å². The molecule has 1 fully saturated rings. The first kappa shape index (κ1) is 22.0. The average molecular weight is 444 g/mol. The fraction of sp³-hybridized carbons (Fsp3) is 0.391. The molecular formula is C23H23F3N4O2. The summed E-state index contributed by atoms with van der Waals surface area (Å²) in [6, 6.07) is 8.92. The van der Waals surface area contributed by atoms with Crippen molar-refractivity contribution in [3.05, 3.63) is 59.2 Å². The highest BCUT2D eigenvalue weighted by Crippen LogP contribution is 2.43. The number of alkyl halides is 3. The van der Waals surface area contributed by atoms with Gasteiger partial charge in [0.05, 0.1) is 16.9 Å². The summed E-state index contributed by atoms with van der Waals surface area (Å²) < 4.78 is 39.6. The van der Waals surface area contributed by atoms with Crippen molar-refractivity contribution >= 4 is 23.2 Å². The zero-order chi connectivity index (χ0) is 23.0. The normalized spacial score (nSPS) is 23.3. The number of nitrogens with one attached hydrogen (secondary N) is 1. The van der Waals surface area contributed by atoms with Crippen molar-refractivity contribution < 1.29 is 22.8 Å². The van der Waals surface area contributed by atoms with Gasteiger partial charge in [-0.05, 0) is 48.6 Å². The van der Waals surface area contributed by atoms with Gasteiger partial charge in [0.2, 0.25) is 0 Å². The molecule has 0 bridgehead atoms. The molecule has 32 heavy (non-hydrogen) atoms. The topological polar surface area (TPSA) is 74.1 Å². The molecule has 0 spiro atoms. The van der Waals surface area contributed by atoms with Gasteiger partial charge in [-0.1, -0.05) is 26.0 Å². The first-order chi connectivity index (χ1) is 15.1. The van der Waals surface area contributed by atoms with Crippen LogP contribution in [0.1, 0.15) is 47.8 Å². The monoisotopic (exact) mass is 444 g/mol. The number of rotatable bonds is 3. The summed E-state index contributed by atoms with van der Waals surface area (Å²) in [5.74, 6) is 0.194. The molecule has 2 aliphatic rings. The number of likely N-dealkylation sites (tertiary alicyclic amines) is 1. The van der Waals surface area contributed by atoms with E-state index < -0.39 is 23.7 Å². The Balaban J connectivity index is 1.50. The van der Waals surface area contributed by atoms with Gasteiger partial charge in [0.25, 0.3) is 11.8 Å². The molecule has 3 atom stereocenters. The van der Waals surface area contributed by atoms with E-state index >= 15 is 0 Å². The quantitative estimate of drug-likeness (QED) is 0.626. The zero-order valence-corrected chi connectivity index (χ0v) is 17.7. The van der Waals surface area contributed by atoms with Crippen LogP contribution < -0.4 is 5.32 Å². The van der Waals surface area contributed by atoms with Crippen LogP contribution in [-0.4, -0.2) is 29.8 Å². The van der Waals surface area contributed by atoms with Crippen LogP contribution in [0.15, 0.2) is 52.7 Å². The average Bonchev–Trinajstić information content (AvgIpc) is 3.05. The number of halogens is 3. The predicted octanol–water partition coefficient (Wildman–Crippen LogP) is 5.60. The maximum absolute atomic E-state index is 13.2. The van der Waals surface area contributed by atoms with E-state index in [0.717, 1.165) is 25.6 Å². The van der Waals surface area contributed by atoms with E-state index in [4.69, 9.17) is 0 Å². The molecule has 4 rings (SSSR count). The molecule has 2 aliphatic heterocycles. The molecule has 1 saturated heterocycles. The molecule has 6 nitrogen and oxygen atoms in total. The maximum Gasteiger partial charge on any atom is 0.418 e. The Hall–Kier alpha value is -3.23. The van der Waals surface area contributed by atoms with Crippen molar-refractivity contribution in [2.24, 2.45) is 22.1 Å². The van der Waals surface area contributed by atoms with Crippen LogP contribution in [0.2, 0.25) is 0 Å². The number of carbonyl (C=O) groups excluding carboxylic acids is 2. The lowest BCUT2D eigenvalue weighted by Gasteiger charge is -2.35. The van der Waals surface area contributed by atoms with Crippen LogP contribution in [0.5, 0.6) is 0 Å². The number of para-hydroxylation sites is 1. The molecule has 2 heterocycles. The summed E-state index contributed by atoms with van der Waals surface area (Å²) in [6.45, 7) is 5.71. The Morgan fingerprint density at radius 1 is 1.06 bits per heavy atom. The van der Waals surface area contributed by atoms with Gasteiger partial charge < -0.3 is 10.2 Å². The van der Waals surface area contributed by atoms with Crippen LogP contribution in [0.3, 0.4) is 0 Å². The first-order valence-electron chi connectivity index (χ1n) is 10.4. The van der Waals surface area contributed by atoms with E-state index in [1.54, 1.807) is 24.3 Å². The van der Waals surface area contributed by atoms with Crippen LogP contribution in [0.4, 0.5) is 24.5 Å². The summed E-state index contributed by atoms with van der Waals surface area (Å²) in [5.41, 5.74) is -0.127. The maximum atomic E-state index is 13.2. The molecule has 0 saturated carbocycles. The standard InChI is InChI=1S/C23H23F3N4O2/c1-13-10-14(2)12-30(11-13)22(32)15-6-8-16(9-7-15)28-29-20-17-4-3-5-18(23(24,25)26)19(17)27-21(20)31/h3-9,13-14,20H,10-12H2,1-2H3,(H,27,31)/t13-,14+,20-/m0/s1. The third-order valence-corrected chi connectivity index (χ3v) is 5.75. The SMILES string of the molecule is C[C@@H]1C[C@H](C)CN(C(=O)c2ccc(N=N[C@@H]3C(=O)Nc4c3cccc4C(F)(F)F)cc2)C1. The van der Waals surface area contributed by atoms with Crippen molar-refractivity contribution in [3.8, 4) is 0 Å². The zero-order valence-electron chi connectivity index (χ0n) is 17.7. The van der Waals surface area contributed by atoms with Gasteiger partial charge >= 0.3 is 6.18 Å². The van der Waals surface area contributed by atoms with Crippen LogP contribution in [0.25, 0.3) is 0 Å². The van der Waals surface area contributed by atoms with Crippen LogP contribution >= 0.6 is 0 Å². The van der Waals surface area contributed by atoms with E-state index in [9.17, 15) is 22.8 Å². The van der Waals surface area contributed by atoms with E-state index in [1.807, 2.05) is 4.90 Å². The molecule has 2 aromatic rings. The van der Waals surface area contributed by atoms with E-state index in [-0.39, 0.29) is 17.2 Å². The number of hydrogen-bond donors (Lipinski definition) is 1. The van der Waals surface area contributed by atoms with Crippen molar-refractivity contribution in [1.29, 1.82) is 0 Å². The largest absolute Gasteiger partial charge is 0.418 e. The Kier molecular flexibility index (Phi) is 5.75. The third-order valence-electron chi connectivity index (χ3n) is 5.75. The van der Waals surface area contributed by atoms with Crippen molar-refractivity contribution in [3.63, 3.8) is 0 Å². The Bertz CT molecular complexity index is 1060. The lowest BCUT2D eigenvalue weighted by molar-refractivity contribution is -0.136. The number of azo groups is 1. The van der Waals surface area contributed by atoms with Crippen molar-refractivity contribution in [1.82, 2.24) is 4.90 Å². The fourth-order valence-corrected chi connectivity index (χ4v) is 4.43. The second kappa shape index (κ2) is 8.37.